The van der Waals surface area contributed by atoms with E-state index >= 15 is 0 Å². The van der Waals surface area contributed by atoms with Crippen molar-refractivity contribution in [2.45, 2.75) is 56.2 Å². The summed E-state index contributed by atoms with van der Waals surface area (Å²) in [4.78, 5) is 21.9. The summed E-state index contributed by atoms with van der Waals surface area (Å²) in [6.07, 6.45) is 3.30. The smallest absolute Gasteiger partial charge is 0.410 e. The molecule has 1 aromatic carbocycles. The first-order valence-electron chi connectivity index (χ1n) is 9.32. The Morgan fingerprint density at radius 3 is 2.54 bits per heavy atom. The Hall–Kier alpha value is -1.45. The SMILES string of the molecule is C[S+]([O-])c1cc(Br)c2oc(N3CC4CCC(C3)N4C(=O)OC(C)(C)C)nc2c1. The van der Waals surface area contributed by atoms with Crippen molar-refractivity contribution in [3.63, 3.8) is 0 Å². The van der Waals surface area contributed by atoms with Crippen LogP contribution in [0.5, 0.6) is 0 Å². The van der Waals surface area contributed by atoms with Crippen molar-refractivity contribution in [3.05, 3.63) is 16.6 Å². The first-order valence-corrected chi connectivity index (χ1v) is 11.7. The standard InChI is InChI=1S/C19H24BrN3O4S/c1-19(2,3)27-18(24)23-11-5-6-12(23)10-22(9-11)17-21-15-8-13(28(4)25)7-14(20)16(15)26-17/h7-8,11-12H,5-6,9-10H2,1-4H3. The number of amides is 1. The van der Waals surface area contributed by atoms with E-state index in [2.05, 4.69) is 25.8 Å². The van der Waals surface area contributed by atoms with Crippen molar-refractivity contribution in [1.82, 2.24) is 9.88 Å². The van der Waals surface area contributed by atoms with Gasteiger partial charge in [-0.15, -0.1) is 0 Å². The number of hydrogen-bond donors (Lipinski definition) is 0. The van der Waals surface area contributed by atoms with E-state index in [1.54, 1.807) is 18.4 Å². The van der Waals surface area contributed by atoms with E-state index in [0.717, 1.165) is 17.3 Å². The van der Waals surface area contributed by atoms with Crippen molar-refractivity contribution in [2.75, 3.05) is 24.2 Å². The van der Waals surface area contributed by atoms with Gasteiger partial charge in [0.25, 0.3) is 6.01 Å². The van der Waals surface area contributed by atoms with Crippen LogP contribution in [-0.4, -0.2) is 57.6 Å². The number of oxazole rings is 1. The number of carbonyl (C=O) groups is 1. The van der Waals surface area contributed by atoms with Crippen molar-refractivity contribution in [2.24, 2.45) is 0 Å². The summed E-state index contributed by atoms with van der Waals surface area (Å²) >= 11 is 2.40. The summed E-state index contributed by atoms with van der Waals surface area (Å²) < 4.78 is 24.2. The van der Waals surface area contributed by atoms with Gasteiger partial charge in [0.05, 0.1) is 16.6 Å². The summed E-state index contributed by atoms with van der Waals surface area (Å²) in [5, 5.41) is 0. The van der Waals surface area contributed by atoms with Gasteiger partial charge in [-0.05, 0) is 60.7 Å². The minimum absolute atomic E-state index is 0.0887. The van der Waals surface area contributed by atoms with Crippen LogP contribution in [0.25, 0.3) is 11.1 Å². The zero-order chi connectivity index (χ0) is 20.2. The minimum atomic E-state index is -1.09. The maximum absolute atomic E-state index is 12.6. The molecule has 1 amide bonds. The number of fused-ring (bicyclic) bond motifs is 3. The second-order valence-electron chi connectivity index (χ2n) is 8.38. The quantitative estimate of drug-likeness (QED) is 0.619. The molecule has 2 fully saturated rings. The Labute approximate surface area is 175 Å². The number of nitrogens with zero attached hydrogens (tertiary/aromatic N) is 3. The number of ether oxygens (including phenoxy) is 1. The van der Waals surface area contributed by atoms with E-state index in [0.29, 0.717) is 35.1 Å². The lowest BCUT2D eigenvalue weighted by molar-refractivity contribution is 0.0120. The number of benzene rings is 1. The minimum Gasteiger partial charge on any atom is -0.612 e. The maximum atomic E-state index is 12.6. The van der Waals surface area contributed by atoms with Crippen LogP contribution in [0.4, 0.5) is 10.8 Å². The van der Waals surface area contributed by atoms with E-state index in [1.807, 2.05) is 25.7 Å². The predicted octanol–water partition coefficient (Wildman–Crippen LogP) is 3.92. The van der Waals surface area contributed by atoms with Crippen LogP contribution in [0.15, 0.2) is 25.9 Å². The summed E-state index contributed by atoms with van der Waals surface area (Å²) in [5.41, 5.74) is 0.819. The molecule has 4 rings (SSSR count). The van der Waals surface area contributed by atoms with Crippen LogP contribution in [0.2, 0.25) is 0 Å². The van der Waals surface area contributed by atoms with Crippen LogP contribution >= 0.6 is 15.9 Å². The fourth-order valence-electron chi connectivity index (χ4n) is 3.93. The molecule has 0 aliphatic carbocycles. The molecule has 152 valence electrons. The molecule has 2 aromatic rings. The third-order valence-corrected chi connectivity index (χ3v) is 6.58. The molecular formula is C19H24BrN3O4S. The first kappa shape index (κ1) is 19.8. The van der Waals surface area contributed by atoms with Gasteiger partial charge < -0.3 is 18.6 Å². The predicted molar refractivity (Wildman–Crippen MR) is 111 cm³/mol. The second kappa shape index (κ2) is 7.11. The van der Waals surface area contributed by atoms with E-state index in [4.69, 9.17) is 9.15 Å². The number of carbonyl (C=O) groups excluding carboxylic acids is 1. The zero-order valence-corrected chi connectivity index (χ0v) is 18.8. The molecular weight excluding hydrogens is 446 g/mol. The fraction of sp³-hybridized carbons (Fsp3) is 0.579. The molecule has 28 heavy (non-hydrogen) atoms. The average Bonchev–Trinajstić information content (AvgIpc) is 3.12. The molecule has 2 aliphatic rings. The van der Waals surface area contributed by atoms with Gasteiger partial charge >= 0.3 is 6.09 Å². The number of hydrogen-bond acceptors (Lipinski definition) is 6. The lowest BCUT2D eigenvalue weighted by Crippen LogP contribution is -2.56. The van der Waals surface area contributed by atoms with Gasteiger partial charge in [-0.2, -0.15) is 4.98 Å². The highest BCUT2D eigenvalue weighted by atomic mass is 79.9. The molecule has 0 N–H and O–H groups in total. The molecule has 3 unspecified atom stereocenters. The number of halogens is 1. The van der Waals surface area contributed by atoms with Gasteiger partial charge in [0.15, 0.2) is 10.5 Å². The largest absolute Gasteiger partial charge is 0.612 e. The monoisotopic (exact) mass is 469 g/mol. The molecule has 0 spiro atoms. The highest BCUT2D eigenvalue weighted by Gasteiger charge is 2.45. The summed E-state index contributed by atoms with van der Waals surface area (Å²) in [5.74, 6) is 0. The molecule has 2 aliphatic heterocycles. The Balaban J connectivity index is 1.56. The van der Waals surface area contributed by atoms with Crippen LogP contribution in [0, 0.1) is 0 Å². The molecule has 2 saturated heterocycles. The Kier molecular flexibility index (Phi) is 5.04. The molecule has 9 heteroatoms. The van der Waals surface area contributed by atoms with Crippen LogP contribution in [-0.2, 0) is 15.9 Å². The second-order valence-corrected chi connectivity index (χ2v) is 10.6. The van der Waals surface area contributed by atoms with Gasteiger partial charge in [-0.1, -0.05) is 0 Å². The van der Waals surface area contributed by atoms with Gasteiger partial charge in [-0.25, -0.2) is 4.79 Å². The molecule has 2 bridgehead atoms. The Morgan fingerprint density at radius 1 is 1.32 bits per heavy atom. The maximum Gasteiger partial charge on any atom is 0.410 e. The highest BCUT2D eigenvalue weighted by Crippen LogP contribution is 2.36. The van der Waals surface area contributed by atoms with Crippen LogP contribution < -0.4 is 4.90 Å². The van der Waals surface area contributed by atoms with Crippen molar-refractivity contribution in [1.29, 1.82) is 0 Å². The van der Waals surface area contributed by atoms with Gasteiger partial charge in [0.1, 0.15) is 17.4 Å². The Bertz CT molecular complexity index is 896. The number of aromatic nitrogens is 1. The third kappa shape index (κ3) is 3.71. The van der Waals surface area contributed by atoms with Gasteiger partial charge in [0.2, 0.25) is 0 Å². The van der Waals surface area contributed by atoms with E-state index < -0.39 is 16.8 Å². The number of anilines is 1. The molecule has 0 radical (unpaired) electrons. The average molecular weight is 470 g/mol. The van der Waals surface area contributed by atoms with Crippen molar-refractivity contribution >= 4 is 50.3 Å². The Morgan fingerprint density at radius 2 is 1.96 bits per heavy atom. The highest BCUT2D eigenvalue weighted by molar-refractivity contribution is 9.10. The van der Waals surface area contributed by atoms with Crippen molar-refractivity contribution < 1.29 is 18.5 Å². The summed E-state index contributed by atoms with van der Waals surface area (Å²) in [7, 11) is 0. The molecule has 3 atom stereocenters. The zero-order valence-electron chi connectivity index (χ0n) is 16.4. The molecule has 1 aromatic heterocycles. The van der Waals surface area contributed by atoms with Gasteiger partial charge in [-0.3, -0.25) is 4.90 Å². The van der Waals surface area contributed by atoms with E-state index in [1.165, 1.54) is 0 Å². The summed E-state index contributed by atoms with van der Waals surface area (Å²) in [6, 6.07) is 4.32. The topological polar surface area (TPSA) is 81.9 Å². The van der Waals surface area contributed by atoms with E-state index in [-0.39, 0.29) is 18.2 Å². The molecule has 3 heterocycles. The molecule has 7 nitrogen and oxygen atoms in total. The van der Waals surface area contributed by atoms with Gasteiger partial charge in [0, 0.05) is 25.2 Å². The lowest BCUT2D eigenvalue weighted by Gasteiger charge is -2.40. The summed E-state index contributed by atoms with van der Waals surface area (Å²) in [6.45, 7) is 6.98. The first-order chi connectivity index (χ1) is 13.1. The van der Waals surface area contributed by atoms with Crippen LogP contribution in [0.1, 0.15) is 33.6 Å². The van der Waals surface area contributed by atoms with Crippen LogP contribution in [0.3, 0.4) is 0 Å². The van der Waals surface area contributed by atoms with Crippen molar-refractivity contribution in [3.8, 4) is 0 Å². The fourth-order valence-corrected chi connectivity index (χ4v) is 5.17. The molecule has 0 saturated carbocycles. The third-order valence-electron chi connectivity index (χ3n) is 5.10. The lowest BCUT2D eigenvalue weighted by atomic mass is 10.2. The number of piperazine rings is 1. The number of rotatable bonds is 2. The normalized spacial score (nSPS) is 23.4. The van der Waals surface area contributed by atoms with E-state index in [9.17, 15) is 9.35 Å².